The van der Waals surface area contributed by atoms with Crippen LogP contribution in [0.3, 0.4) is 0 Å². The first-order chi connectivity index (χ1) is 29.4. The third kappa shape index (κ3) is 15.9. The number of benzene rings is 3. The predicted octanol–water partition coefficient (Wildman–Crippen LogP) is 4.57. The van der Waals surface area contributed by atoms with Gasteiger partial charge in [0.1, 0.15) is 29.8 Å². The van der Waals surface area contributed by atoms with Gasteiger partial charge in [0.15, 0.2) is 0 Å². The largest absolute Gasteiger partial charge is 0.481 e. The monoisotopic (exact) mass is 891 g/mol. The second kappa shape index (κ2) is 23.0. The Hall–Kier alpha value is -6.39. The number of nitrogens with two attached hydrogens (primary N) is 1. The van der Waals surface area contributed by atoms with Crippen molar-refractivity contribution in [2.45, 2.75) is 89.1 Å². The van der Waals surface area contributed by atoms with Crippen molar-refractivity contribution in [3.8, 4) is 0 Å². The number of carbonyl (C=O) groups is 7. The summed E-state index contributed by atoms with van der Waals surface area (Å²) in [5.74, 6) is -5.44. The number of alkyl carbamates (subject to hydrolysis) is 1. The van der Waals surface area contributed by atoms with Gasteiger partial charge in [0.2, 0.25) is 29.5 Å². The van der Waals surface area contributed by atoms with E-state index >= 15 is 0 Å². The van der Waals surface area contributed by atoms with Crippen LogP contribution in [0.25, 0.3) is 17.0 Å². The minimum atomic E-state index is -1.70. The number of amides is 6. The molecule has 0 fully saturated rings. The standard InChI is InChI=1S/C44H51Cl2N7O9/c1-44(2,3)62-43(61)53-35(22-28-25-49-32-14-8-7-13-30(28)32)41(59)50-33(15-9-10-20-48-37(54)19-17-27-16-18-29(45)23-31(27)46)40(58)52-36(24-38(55)56)42(60)51-34(39(47)57)21-26-11-5-4-6-12-26/h4-8,11-14,16-19,23,25,33-36,49H,9-10,15,20-22,24H2,1-3H3,(H2,47,57)(H,48,54)(H,50,59)(H,51,60)(H,52,58)(H,53,61)(H,55,56)/b19-17-/t33-,34-,35-,36-/m0/s1. The van der Waals surface area contributed by atoms with E-state index in [1.807, 2.05) is 24.3 Å². The number of nitrogens with one attached hydrogen (secondary N) is 6. The molecule has 0 aliphatic rings. The van der Waals surface area contributed by atoms with Crippen LogP contribution in [0.4, 0.5) is 4.79 Å². The van der Waals surface area contributed by atoms with Gasteiger partial charge in [0.25, 0.3) is 0 Å². The van der Waals surface area contributed by atoms with Gasteiger partial charge in [0, 0.05) is 52.6 Å². The molecule has 0 saturated heterocycles. The average molecular weight is 893 g/mol. The maximum Gasteiger partial charge on any atom is 0.408 e. The highest BCUT2D eigenvalue weighted by atomic mass is 35.5. The number of halogens is 2. The summed E-state index contributed by atoms with van der Waals surface area (Å²) in [7, 11) is 0. The zero-order valence-corrected chi connectivity index (χ0v) is 36.0. The van der Waals surface area contributed by atoms with Gasteiger partial charge in [0.05, 0.1) is 6.42 Å². The van der Waals surface area contributed by atoms with Crippen molar-refractivity contribution < 1.29 is 43.4 Å². The molecule has 330 valence electrons. The summed E-state index contributed by atoms with van der Waals surface area (Å²) in [5.41, 5.74) is 7.39. The molecule has 1 aromatic heterocycles. The molecule has 4 atom stereocenters. The number of hydrogen-bond donors (Lipinski definition) is 8. The molecule has 0 aliphatic carbocycles. The Bertz CT molecular complexity index is 2260. The lowest BCUT2D eigenvalue weighted by molar-refractivity contribution is -0.141. The number of carboxylic acid groups (broad SMARTS) is 1. The van der Waals surface area contributed by atoms with E-state index in [2.05, 4.69) is 31.6 Å². The van der Waals surface area contributed by atoms with E-state index in [9.17, 15) is 38.7 Å². The van der Waals surface area contributed by atoms with Gasteiger partial charge in [-0.15, -0.1) is 0 Å². The maximum atomic E-state index is 14.1. The normalized spacial score (nSPS) is 13.3. The van der Waals surface area contributed by atoms with Gasteiger partial charge in [-0.1, -0.05) is 77.8 Å². The first-order valence-electron chi connectivity index (χ1n) is 19.8. The molecule has 0 unspecified atom stereocenters. The molecule has 62 heavy (non-hydrogen) atoms. The number of carboxylic acids is 1. The Morgan fingerprint density at radius 2 is 1.44 bits per heavy atom. The summed E-state index contributed by atoms with van der Waals surface area (Å²) < 4.78 is 5.44. The molecule has 6 amide bonds. The molecule has 0 saturated carbocycles. The molecule has 4 aromatic rings. The molecule has 0 bridgehead atoms. The molecule has 9 N–H and O–H groups in total. The van der Waals surface area contributed by atoms with Crippen molar-refractivity contribution in [3.63, 3.8) is 0 Å². The SMILES string of the molecule is CC(C)(C)OC(=O)N[C@@H](Cc1c[nH]c2ccccc12)C(=O)N[C@@H](CCCCNC(=O)/C=C\c1ccc(Cl)cc1Cl)C(=O)N[C@@H](CC(=O)O)C(=O)N[C@@H](Cc1ccccc1)C(N)=O. The second-order valence-electron chi connectivity index (χ2n) is 15.4. The Morgan fingerprint density at radius 3 is 2.11 bits per heavy atom. The Kier molecular flexibility index (Phi) is 17.9. The third-order valence-corrected chi connectivity index (χ3v) is 9.85. The number of rotatable bonds is 21. The summed E-state index contributed by atoms with van der Waals surface area (Å²) >= 11 is 12.1. The molecular weight excluding hydrogens is 841 g/mol. The fraction of sp³-hybridized carbons (Fsp3) is 0.341. The van der Waals surface area contributed by atoms with Crippen molar-refractivity contribution in [1.82, 2.24) is 31.6 Å². The van der Waals surface area contributed by atoms with Crippen molar-refractivity contribution in [3.05, 3.63) is 112 Å². The molecule has 0 spiro atoms. The zero-order chi connectivity index (χ0) is 45.4. The number of ether oxygens (including phenoxy) is 1. The van der Waals surface area contributed by atoms with Crippen molar-refractivity contribution >= 4 is 81.8 Å². The minimum absolute atomic E-state index is 0.00198. The Balaban J connectivity index is 1.53. The quantitative estimate of drug-likeness (QED) is 0.0431. The number of unbranched alkanes of at least 4 members (excludes halogenated alkanes) is 1. The first-order valence-corrected chi connectivity index (χ1v) is 20.6. The highest BCUT2D eigenvalue weighted by Crippen LogP contribution is 2.22. The van der Waals surface area contributed by atoms with E-state index in [0.717, 1.165) is 10.9 Å². The van der Waals surface area contributed by atoms with E-state index in [-0.39, 0.29) is 32.2 Å². The van der Waals surface area contributed by atoms with Gasteiger partial charge in [-0.05, 0) is 81.0 Å². The molecule has 0 aliphatic heterocycles. The van der Waals surface area contributed by atoms with Crippen LogP contribution in [0.5, 0.6) is 0 Å². The van der Waals surface area contributed by atoms with Crippen LogP contribution in [0.15, 0.2) is 85.1 Å². The smallest absolute Gasteiger partial charge is 0.408 e. The topological polar surface area (TPSA) is 251 Å². The Labute approximate surface area is 368 Å². The summed E-state index contributed by atoms with van der Waals surface area (Å²) in [6.45, 7) is 5.15. The van der Waals surface area contributed by atoms with Crippen LogP contribution < -0.4 is 32.3 Å². The molecule has 16 nitrogen and oxygen atoms in total. The average Bonchev–Trinajstić information content (AvgIpc) is 3.61. The van der Waals surface area contributed by atoms with E-state index in [1.54, 1.807) is 75.5 Å². The van der Waals surface area contributed by atoms with Gasteiger partial charge in [-0.2, -0.15) is 0 Å². The lowest BCUT2D eigenvalue weighted by Crippen LogP contribution is -2.59. The lowest BCUT2D eigenvalue weighted by Gasteiger charge is -2.26. The van der Waals surface area contributed by atoms with Crippen LogP contribution in [0.2, 0.25) is 10.0 Å². The molecule has 1 heterocycles. The summed E-state index contributed by atoms with van der Waals surface area (Å²) in [4.78, 5) is 94.7. The fourth-order valence-corrected chi connectivity index (χ4v) is 6.74. The minimum Gasteiger partial charge on any atom is -0.481 e. The highest BCUT2D eigenvalue weighted by molar-refractivity contribution is 6.35. The summed E-state index contributed by atoms with van der Waals surface area (Å²) in [6, 6.07) is 15.3. The lowest BCUT2D eigenvalue weighted by atomic mass is 10.0. The van der Waals surface area contributed by atoms with Crippen LogP contribution in [0.1, 0.15) is 63.1 Å². The van der Waals surface area contributed by atoms with Crippen molar-refractivity contribution in [1.29, 1.82) is 0 Å². The zero-order valence-electron chi connectivity index (χ0n) is 34.5. The number of aromatic amines is 1. The molecule has 3 aromatic carbocycles. The van der Waals surface area contributed by atoms with Gasteiger partial charge in [-0.3, -0.25) is 28.8 Å². The van der Waals surface area contributed by atoms with Crippen molar-refractivity contribution in [2.24, 2.45) is 5.73 Å². The number of H-pyrrole nitrogens is 1. The van der Waals surface area contributed by atoms with E-state index in [4.69, 9.17) is 33.7 Å². The van der Waals surface area contributed by atoms with Gasteiger partial charge in [-0.25, -0.2) is 4.79 Å². The molecule has 0 radical (unpaired) electrons. The third-order valence-electron chi connectivity index (χ3n) is 9.29. The van der Waals surface area contributed by atoms with Crippen LogP contribution in [-0.4, -0.2) is 88.0 Å². The number of fused-ring (bicyclic) bond motifs is 1. The first kappa shape index (κ1) is 48.3. The number of primary amides is 1. The van der Waals surface area contributed by atoms with E-state index in [0.29, 0.717) is 33.2 Å². The summed E-state index contributed by atoms with van der Waals surface area (Å²) in [6.07, 6.45) is 3.26. The molecule has 18 heteroatoms. The van der Waals surface area contributed by atoms with Crippen LogP contribution >= 0.6 is 23.2 Å². The maximum absolute atomic E-state index is 14.1. The van der Waals surface area contributed by atoms with E-state index < -0.39 is 77.8 Å². The van der Waals surface area contributed by atoms with Gasteiger partial charge < -0.3 is 47.1 Å². The summed E-state index contributed by atoms with van der Waals surface area (Å²) in [5, 5.41) is 24.2. The second-order valence-corrected chi connectivity index (χ2v) is 16.3. The fourth-order valence-electron chi connectivity index (χ4n) is 6.27. The highest BCUT2D eigenvalue weighted by Gasteiger charge is 2.33. The molecular formula is C44H51Cl2N7O9. The van der Waals surface area contributed by atoms with Crippen LogP contribution in [0, 0.1) is 0 Å². The van der Waals surface area contributed by atoms with Gasteiger partial charge >= 0.3 is 12.1 Å². The number of aromatic nitrogens is 1. The predicted molar refractivity (Wildman–Crippen MR) is 235 cm³/mol. The van der Waals surface area contributed by atoms with E-state index in [1.165, 1.54) is 12.2 Å². The molecule has 4 rings (SSSR count). The Morgan fingerprint density at radius 1 is 0.790 bits per heavy atom. The number of carbonyl (C=O) groups excluding carboxylic acids is 6. The van der Waals surface area contributed by atoms with Crippen molar-refractivity contribution in [2.75, 3.05) is 6.54 Å². The number of para-hydroxylation sites is 1. The number of aliphatic carboxylic acids is 1. The number of hydrogen-bond acceptors (Lipinski definition) is 8. The van der Waals surface area contributed by atoms with Crippen LogP contribution in [-0.2, 0) is 46.3 Å².